The molecular weight excluding hydrogens is 961 g/mol. The molecule has 7 nitrogen and oxygen atoms in total. The number of aromatic nitrogens is 5. The van der Waals surface area contributed by atoms with Crippen molar-refractivity contribution in [2.45, 2.75) is 0 Å². The first-order valence-corrected chi connectivity index (χ1v) is 24.2. The third kappa shape index (κ3) is 13.4. The first kappa shape index (κ1) is 49.9. The molecule has 0 aliphatic heterocycles. The van der Waals surface area contributed by atoms with Crippen LogP contribution in [0.4, 0.5) is 23.0 Å². The molecule has 0 aliphatic rings. The van der Waals surface area contributed by atoms with E-state index in [1.807, 2.05) is 56.7 Å². The Hall–Kier alpha value is -7.00. The second kappa shape index (κ2) is 23.8. The fourth-order valence-corrected chi connectivity index (χ4v) is 12.0. The van der Waals surface area contributed by atoms with Gasteiger partial charge in [0.2, 0.25) is 0 Å². The molecule has 0 saturated carbocycles. The van der Waals surface area contributed by atoms with Gasteiger partial charge in [-0.3, -0.25) is 4.98 Å². The molecule has 69 heavy (non-hydrogen) atoms. The van der Waals surface area contributed by atoms with Crippen LogP contribution in [0.1, 0.15) is 0 Å². The number of para-hydroxylation sites is 4. The van der Waals surface area contributed by atoms with Gasteiger partial charge in [0.25, 0.3) is 0 Å². The number of hydrogen-bond acceptors (Lipinski definition) is 6. The molecule has 348 valence electrons. The topological polar surface area (TPSA) is 69.0 Å². The number of rotatable bonds is 11. The maximum Gasteiger partial charge on any atom is 1.00 e. The third-order valence-electron chi connectivity index (χ3n) is 10.3. The van der Waals surface area contributed by atoms with Crippen LogP contribution in [0.5, 0.6) is 11.5 Å². The zero-order valence-corrected chi connectivity index (χ0v) is 40.0. The van der Waals surface area contributed by atoms with Crippen LogP contribution in [0, 0.1) is 0 Å². The number of anilines is 1. The van der Waals surface area contributed by atoms with Crippen LogP contribution in [0.15, 0.2) is 231 Å². The van der Waals surface area contributed by atoms with E-state index in [4.69, 9.17) is 4.74 Å². The Morgan fingerprint density at radius 1 is 0.493 bits per heavy atom. The molecule has 0 unspecified atom stereocenters. The summed E-state index contributed by atoms with van der Waals surface area (Å²) in [6.45, 7) is 0. The van der Waals surface area contributed by atoms with Crippen LogP contribution in [0.25, 0.3) is 28.1 Å². The van der Waals surface area contributed by atoms with E-state index in [9.17, 15) is 17.3 Å². The van der Waals surface area contributed by atoms with Crippen molar-refractivity contribution in [1.82, 2.24) is 25.0 Å². The fraction of sp³-hybridized carbons (Fsp3) is 0.0370. The van der Waals surface area contributed by atoms with E-state index >= 15 is 0 Å². The summed E-state index contributed by atoms with van der Waals surface area (Å²) >= 11 is 0. The maximum atomic E-state index is 9.75. The van der Waals surface area contributed by atoms with Gasteiger partial charge in [-0.2, -0.15) is 0 Å². The van der Waals surface area contributed by atoms with Crippen LogP contribution in [0.2, 0.25) is 0 Å². The Kier molecular flexibility index (Phi) is 17.2. The summed E-state index contributed by atoms with van der Waals surface area (Å²) in [6, 6.07) is 76.2. The van der Waals surface area contributed by atoms with Gasteiger partial charge in [-0.15, -0.1) is 5.10 Å². The molecule has 0 atom stereocenters. The van der Waals surface area contributed by atoms with Crippen LogP contribution in [0.3, 0.4) is 0 Å². The Morgan fingerprint density at radius 2 is 0.884 bits per heavy atom. The number of benzene rings is 8. The minimum atomic E-state index is -6.00. The smallest absolute Gasteiger partial charge is 0.456 e. The summed E-state index contributed by atoms with van der Waals surface area (Å²) in [5, 5.41) is 16.1. The number of fused-ring (bicyclic) bond motifs is 1. The molecule has 0 amide bonds. The summed E-state index contributed by atoms with van der Waals surface area (Å²) in [7, 11) is -3.56. The molecule has 0 spiro atoms. The monoisotopic (exact) mass is 1000 g/mol. The number of ether oxygens (including phenoxy) is 1. The second-order valence-electron chi connectivity index (χ2n) is 15.3. The van der Waals surface area contributed by atoms with Crippen LogP contribution >= 0.6 is 15.8 Å². The molecule has 8 aromatic carbocycles. The van der Waals surface area contributed by atoms with Gasteiger partial charge >= 0.3 is 24.3 Å². The molecule has 2 heterocycles. The van der Waals surface area contributed by atoms with E-state index in [2.05, 4.69) is 207 Å². The average Bonchev–Trinajstić information content (AvgIpc) is 3.87. The zero-order chi connectivity index (χ0) is 47.3. The predicted molar refractivity (Wildman–Crippen MR) is 275 cm³/mol. The second-order valence-corrected chi connectivity index (χ2v) is 19.6. The normalized spacial score (nSPS) is 10.9. The van der Waals surface area contributed by atoms with Crippen molar-refractivity contribution in [3.63, 3.8) is 0 Å². The van der Waals surface area contributed by atoms with Gasteiger partial charge in [-0.1, -0.05) is 187 Å². The minimum absolute atomic E-state index is 0. The zero-order valence-electron chi connectivity index (χ0n) is 37.3. The van der Waals surface area contributed by atoms with E-state index in [0.29, 0.717) is 5.82 Å². The molecule has 0 fully saturated rings. The Labute approximate surface area is 412 Å². The van der Waals surface area contributed by atoms with Crippen molar-refractivity contribution < 1.29 is 39.1 Å². The first-order chi connectivity index (χ1) is 33.1. The Bertz CT molecular complexity index is 2950. The van der Waals surface area contributed by atoms with Crippen LogP contribution in [-0.4, -0.2) is 46.3 Å². The Balaban J connectivity index is 0.000000200. The van der Waals surface area contributed by atoms with Gasteiger partial charge in [0.15, 0.2) is 5.82 Å². The number of halogens is 4. The van der Waals surface area contributed by atoms with Crippen molar-refractivity contribution >= 4 is 71.6 Å². The number of nitrogens with zero attached hydrogens (tertiary/aromatic N) is 6. The molecule has 10 aromatic rings. The van der Waals surface area contributed by atoms with E-state index in [1.165, 1.54) is 31.8 Å². The molecule has 0 N–H and O–H groups in total. The van der Waals surface area contributed by atoms with Crippen molar-refractivity contribution in [3.8, 4) is 28.6 Å². The van der Waals surface area contributed by atoms with Gasteiger partial charge in [0.1, 0.15) is 17.2 Å². The minimum Gasteiger partial charge on any atom is -0.456 e. The van der Waals surface area contributed by atoms with Crippen molar-refractivity contribution in [1.29, 1.82) is 0 Å². The van der Waals surface area contributed by atoms with Gasteiger partial charge in [-0.05, 0) is 73.5 Å². The summed E-state index contributed by atoms with van der Waals surface area (Å²) in [5.41, 5.74) is 4.66. The van der Waals surface area contributed by atoms with Crippen molar-refractivity contribution in [2.75, 3.05) is 19.0 Å². The van der Waals surface area contributed by atoms with E-state index in [0.717, 1.165) is 39.5 Å². The SMILES string of the molecule is CN(C)c1ccc(-c2cn(-c3cnc4ccccc4n3)nn2)cc1.F[B-](F)(F)F.[Cu+].c1ccc(P(c2ccccc2)c2ccccc2Oc2ccccc2P(c2ccccc2)c2ccccc2)cc1. The standard InChI is InChI=1S/C36H28OP2.C18H16N6.BF4.Cu/c1-5-17-29(18-6-1)38(30-19-7-2-8-20-30)35-27-15-13-25-33(35)37-34-26-14-16-28-36(34)39(31-21-9-3-10-22-31)32-23-11-4-12-24-32;1-23(2)14-9-7-13(8-10-14)17-12-24(22-21-17)18-11-19-15-5-3-4-6-16(15)20-18;2-1(3,4)5;/h1-28H;3-12H,1-2H3;;/q;;-1;+1. The quantitative estimate of drug-likeness (QED) is 0.0731. The molecule has 0 saturated heterocycles. The summed E-state index contributed by atoms with van der Waals surface area (Å²) in [5.74, 6) is 2.46. The van der Waals surface area contributed by atoms with Gasteiger partial charge < -0.3 is 26.9 Å². The maximum absolute atomic E-state index is 9.75. The Morgan fingerprint density at radius 3 is 1.32 bits per heavy atom. The van der Waals surface area contributed by atoms with Crippen molar-refractivity contribution in [3.05, 3.63) is 231 Å². The third-order valence-corrected chi connectivity index (χ3v) is 15.3. The van der Waals surface area contributed by atoms with E-state index in [-0.39, 0.29) is 17.1 Å². The van der Waals surface area contributed by atoms with Crippen LogP contribution in [-0.2, 0) is 17.1 Å². The molecule has 0 radical (unpaired) electrons. The van der Waals surface area contributed by atoms with E-state index < -0.39 is 23.1 Å². The predicted octanol–water partition coefficient (Wildman–Crippen LogP) is 11.2. The molecular formula is C54H44BCuF4N6OP2. The van der Waals surface area contributed by atoms with Gasteiger partial charge in [0.05, 0.1) is 23.4 Å². The molecule has 15 heteroatoms. The molecule has 0 bridgehead atoms. The first-order valence-electron chi connectivity index (χ1n) is 21.5. The molecule has 2 aromatic heterocycles. The van der Waals surface area contributed by atoms with E-state index in [1.54, 1.807) is 10.9 Å². The average molecular weight is 1010 g/mol. The largest absolute Gasteiger partial charge is 1.00 e. The number of hydrogen-bond donors (Lipinski definition) is 0. The fourth-order valence-electron chi connectivity index (χ4n) is 7.23. The summed E-state index contributed by atoms with van der Waals surface area (Å²) < 4.78 is 47.6. The van der Waals surface area contributed by atoms with Crippen molar-refractivity contribution in [2.24, 2.45) is 0 Å². The summed E-state index contributed by atoms with van der Waals surface area (Å²) in [4.78, 5) is 11.1. The summed E-state index contributed by atoms with van der Waals surface area (Å²) in [6.07, 6.45) is 3.57. The van der Waals surface area contributed by atoms with Gasteiger partial charge in [-0.25, -0.2) is 9.67 Å². The molecule has 0 aliphatic carbocycles. The van der Waals surface area contributed by atoms with Crippen LogP contribution < -0.4 is 41.5 Å². The molecule has 10 rings (SSSR count). The van der Waals surface area contributed by atoms with Gasteiger partial charge in [0, 0.05) is 36.0 Å².